The highest BCUT2D eigenvalue weighted by Gasteiger charge is 2.69. The molecule has 0 aromatic heterocycles. The van der Waals surface area contributed by atoms with E-state index < -0.39 is 34.7 Å². The molecule has 0 radical (unpaired) electrons. The molecule has 1 N–H and O–H groups in total. The molecular formula is C11H7ClF4N2O3. The first-order valence-corrected chi connectivity index (χ1v) is 5.75. The van der Waals surface area contributed by atoms with Crippen molar-refractivity contribution in [3.63, 3.8) is 0 Å². The number of alkyl halides is 3. The lowest BCUT2D eigenvalue weighted by atomic mass is 10.2. The van der Waals surface area contributed by atoms with E-state index in [0.717, 1.165) is 18.2 Å². The molecule has 0 unspecified atom stereocenters. The Kier molecular flexibility index (Phi) is 3.58. The molecular weight excluding hydrogens is 320 g/mol. The molecule has 5 nitrogen and oxygen atoms in total. The number of hydrogen-bond donors (Lipinski definition) is 1. The quantitative estimate of drug-likeness (QED) is 0.671. The molecule has 1 fully saturated rings. The van der Waals surface area contributed by atoms with Gasteiger partial charge >= 0.3 is 17.9 Å². The molecule has 2 rings (SSSR count). The van der Waals surface area contributed by atoms with Crippen molar-refractivity contribution in [3.05, 3.63) is 29.0 Å². The van der Waals surface area contributed by atoms with E-state index >= 15 is 0 Å². The van der Waals surface area contributed by atoms with E-state index in [9.17, 15) is 27.2 Å². The number of nitrogens with one attached hydrogen (secondary N) is 1. The number of halogens is 5. The maximum Gasteiger partial charge on any atom is 0.446 e. The lowest BCUT2D eigenvalue weighted by Crippen LogP contribution is -2.60. The molecule has 1 saturated heterocycles. The minimum absolute atomic E-state index is 0.183. The predicted molar refractivity (Wildman–Crippen MR) is 63.2 cm³/mol. The maximum atomic E-state index is 13.0. The maximum absolute atomic E-state index is 13.0. The van der Waals surface area contributed by atoms with Crippen LogP contribution in [0.1, 0.15) is 0 Å². The summed E-state index contributed by atoms with van der Waals surface area (Å²) >= 11 is 5.48. The van der Waals surface area contributed by atoms with Gasteiger partial charge in [0.25, 0.3) is 5.91 Å². The van der Waals surface area contributed by atoms with Crippen LogP contribution in [0.5, 0.6) is 0 Å². The van der Waals surface area contributed by atoms with Crippen LogP contribution in [0.4, 0.5) is 28.0 Å². The number of imide groups is 1. The second-order valence-electron chi connectivity index (χ2n) is 4.05. The van der Waals surface area contributed by atoms with Crippen molar-refractivity contribution in [2.24, 2.45) is 0 Å². The van der Waals surface area contributed by atoms with Crippen LogP contribution in [0.3, 0.4) is 0 Å². The lowest BCUT2D eigenvalue weighted by molar-refractivity contribution is -0.261. The number of hydrogen-bond acceptors (Lipinski definition) is 3. The monoisotopic (exact) mass is 326 g/mol. The van der Waals surface area contributed by atoms with Crippen molar-refractivity contribution in [2.75, 3.05) is 12.0 Å². The van der Waals surface area contributed by atoms with Gasteiger partial charge in [0.05, 0.1) is 10.7 Å². The van der Waals surface area contributed by atoms with Crippen LogP contribution in [0, 0.1) is 5.82 Å². The number of amides is 3. The molecule has 21 heavy (non-hydrogen) atoms. The molecule has 0 bridgehead atoms. The Morgan fingerprint density at radius 2 is 1.95 bits per heavy atom. The smallest absolute Gasteiger partial charge is 0.344 e. The minimum Gasteiger partial charge on any atom is -0.344 e. The standard InChI is InChI=1S/C11H7ClF4N2O3/c1-21-10(11(14,15)16)8(19)18(9(20)17-10)5-2-3-7(13)6(12)4-5/h2-4H,1H3,(H,17,20)/t10-/m1/s1. The van der Waals surface area contributed by atoms with Crippen LogP contribution in [0.2, 0.25) is 5.02 Å². The fraction of sp³-hybridized carbons (Fsp3) is 0.273. The van der Waals surface area contributed by atoms with Crippen molar-refractivity contribution in [3.8, 4) is 0 Å². The van der Waals surface area contributed by atoms with E-state index in [-0.39, 0.29) is 10.6 Å². The topological polar surface area (TPSA) is 58.6 Å². The SMILES string of the molecule is CO[C@]1(C(F)(F)F)NC(=O)N(c2ccc(F)c(Cl)c2)C1=O. The summed E-state index contributed by atoms with van der Waals surface area (Å²) in [4.78, 5) is 23.8. The Bertz CT molecular complexity index is 622. The highest BCUT2D eigenvalue weighted by atomic mass is 35.5. The number of ether oxygens (including phenoxy) is 1. The van der Waals surface area contributed by atoms with Crippen molar-refractivity contribution in [1.82, 2.24) is 5.32 Å². The molecule has 1 heterocycles. The number of nitrogens with zero attached hydrogens (tertiary/aromatic N) is 1. The molecule has 0 aliphatic carbocycles. The number of methoxy groups -OCH3 is 1. The number of benzene rings is 1. The van der Waals surface area contributed by atoms with Gasteiger partial charge < -0.3 is 4.74 Å². The average Bonchev–Trinajstić information content (AvgIpc) is 2.65. The summed E-state index contributed by atoms with van der Waals surface area (Å²) in [6.07, 6.45) is -5.17. The van der Waals surface area contributed by atoms with E-state index in [0.29, 0.717) is 7.11 Å². The normalized spacial score (nSPS) is 22.7. The van der Waals surface area contributed by atoms with Gasteiger partial charge in [-0.05, 0) is 18.2 Å². The van der Waals surface area contributed by atoms with Crippen LogP contribution >= 0.6 is 11.6 Å². The van der Waals surface area contributed by atoms with Crippen molar-refractivity contribution >= 4 is 29.2 Å². The van der Waals surface area contributed by atoms with E-state index in [2.05, 4.69) is 4.74 Å². The second kappa shape index (κ2) is 4.85. The molecule has 1 aliphatic rings. The van der Waals surface area contributed by atoms with Crippen LogP contribution < -0.4 is 10.2 Å². The van der Waals surface area contributed by atoms with Gasteiger partial charge in [-0.2, -0.15) is 13.2 Å². The van der Waals surface area contributed by atoms with Crippen LogP contribution in [0.25, 0.3) is 0 Å². The third-order valence-corrected chi connectivity index (χ3v) is 3.15. The van der Waals surface area contributed by atoms with Gasteiger partial charge in [-0.3, -0.25) is 10.1 Å². The van der Waals surface area contributed by atoms with Crippen LogP contribution in [0.15, 0.2) is 18.2 Å². The molecule has 1 aliphatic heterocycles. The highest BCUT2D eigenvalue weighted by Crippen LogP contribution is 2.38. The van der Waals surface area contributed by atoms with Gasteiger partial charge in [0.1, 0.15) is 5.82 Å². The van der Waals surface area contributed by atoms with Crippen molar-refractivity contribution < 1.29 is 31.9 Å². The van der Waals surface area contributed by atoms with E-state index in [4.69, 9.17) is 11.6 Å². The van der Waals surface area contributed by atoms with Gasteiger partial charge in [0.15, 0.2) is 0 Å². The van der Waals surface area contributed by atoms with Crippen LogP contribution in [-0.2, 0) is 9.53 Å². The summed E-state index contributed by atoms with van der Waals surface area (Å²) < 4.78 is 56.2. The molecule has 3 amide bonds. The highest BCUT2D eigenvalue weighted by molar-refractivity contribution is 6.31. The number of carbonyl (C=O) groups excluding carboxylic acids is 2. The Balaban J connectivity index is 2.50. The fourth-order valence-corrected chi connectivity index (χ4v) is 1.99. The van der Waals surface area contributed by atoms with E-state index in [1.807, 2.05) is 0 Å². The Morgan fingerprint density at radius 3 is 2.38 bits per heavy atom. The Labute approximate surface area is 120 Å². The van der Waals surface area contributed by atoms with Crippen molar-refractivity contribution in [1.29, 1.82) is 0 Å². The number of anilines is 1. The Morgan fingerprint density at radius 1 is 1.33 bits per heavy atom. The zero-order valence-corrected chi connectivity index (χ0v) is 11.0. The summed E-state index contributed by atoms with van der Waals surface area (Å²) in [6, 6.07) is 1.26. The largest absolute Gasteiger partial charge is 0.446 e. The molecule has 1 aromatic rings. The zero-order valence-electron chi connectivity index (χ0n) is 10.3. The van der Waals surface area contributed by atoms with Crippen molar-refractivity contribution in [2.45, 2.75) is 11.9 Å². The van der Waals surface area contributed by atoms with E-state index in [1.54, 1.807) is 0 Å². The first-order valence-electron chi connectivity index (χ1n) is 5.37. The zero-order chi connectivity index (χ0) is 16.0. The number of urea groups is 1. The van der Waals surface area contributed by atoms with Gasteiger partial charge in [-0.15, -0.1) is 0 Å². The summed E-state index contributed by atoms with van der Waals surface area (Å²) in [7, 11) is 0.632. The number of rotatable bonds is 2. The summed E-state index contributed by atoms with van der Waals surface area (Å²) in [5.74, 6) is -2.54. The first kappa shape index (κ1) is 15.5. The Hall–Kier alpha value is -1.87. The second-order valence-corrected chi connectivity index (χ2v) is 4.46. The molecule has 0 spiro atoms. The van der Waals surface area contributed by atoms with Gasteiger partial charge in [0, 0.05) is 7.11 Å². The fourth-order valence-electron chi connectivity index (χ4n) is 1.81. The lowest BCUT2D eigenvalue weighted by Gasteiger charge is -2.26. The van der Waals surface area contributed by atoms with Gasteiger partial charge in [-0.1, -0.05) is 11.6 Å². The third-order valence-electron chi connectivity index (χ3n) is 2.86. The van der Waals surface area contributed by atoms with Crippen LogP contribution in [-0.4, -0.2) is 30.9 Å². The van der Waals surface area contributed by atoms with E-state index in [1.165, 1.54) is 5.32 Å². The third kappa shape index (κ3) is 2.22. The first-order chi connectivity index (χ1) is 9.64. The number of carbonyl (C=O) groups is 2. The summed E-state index contributed by atoms with van der Waals surface area (Å²) in [5.41, 5.74) is -3.79. The molecule has 114 valence electrons. The summed E-state index contributed by atoms with van der Waals surface area (Å²) in [5, 5.41) is 0.994. The van der Waals surface area contributed by atoms with Gasteiger partial charge in [-0.25, -0.2) is 14.1 Å². The molecule has 1 aromatic carbocycles. The molecule has 0 saturated carbocycles. The minimum atomic E-state index is -5.17. The summed E-state index contributed by atoms with van der Waals surface area (Å²) in [6.45, 7) is 0. The molecule has 10 heteroatoms. The predicted octanol–water partition coefficient (Wildman–Crippen LogP) is 2.44. The van der Waals surface area contributed by atoms with Gasteiger partial charge in [0.2, 0.25) is 0 Å². The average molecular weight is 327 g/mol. The molecule has 1 atom stereocenters.